The van der Waals surface area contributed by atoms with Crippen molar-refractivity contribution in [1.82, 2.24) is 5.32 Å². The lowest BCUT2D eigenvalue weighted by molar-refractivity contribution is -0.139. The average Bonchev–Trinajstić information content (AvgIpc) is 2.53. The van der Waals surface area contributed by atoms with E-state index in [2.05, 4.69) is 25.2 Å². The van der Waals surface area contributed by atoms with E-state index >= 15 is 0 Å². The lowest BCUT2D eigenvalue weighted by atomic mass is 9.66. The van der Waals surface area contributed by atoms with Gasteiger partial charge in [0.2, 0.25) is 0 Å². The summed E-state index contributed by atoms with van der Waals surface area (Å²) in [5, 5.41) is 3.31. The zero-order valence-electron chi connectivity index (χ0n) is 15.3. The third-order valence-electron chi connectivity index (χ3n) is 4.89. The number of ketones is 1. The number of allylic oxidation sites excluding steroid dienone is 3. The second kappa shape index (κ2) is 6.51. The van der Waals surface area contributed by atoms with Crippen molar-refractivity contribution in [3.8, 4) is 0 Å². The molecule has 1 aliphatic carbocycles. The van der Waals surface area contributed by atoms with Crippen molar-refractivity contribution in [3.05, 3.63) is 58.9 Å². The number of carbonyl (C=O) groups excluding carboxylic acids is 2. The molecule has 0 saturated heterocycles. The summed E-state index contributed by atoms with van der Waals surface area (Å²) in [4.78, 5) is 25.7. The van der Waals surface area contributed by atoms with Crippen LogP contribution in [0.1, 0.15) is 45.6 Å². The molecule has 0 radical (unpaired) electrons. The van der Waals surface area contributed by atoms with Crippen LogP contribution in [0.5, 0.6) is 0 Å². The number of carbonyl (C=O) groups is 2. The Labute approximate surface area is 149 Å². The molecular weight excluding hydrogens is 314 g/mol. The van der Waals surface area contributed by atoms with Gasteiger partial charge < -0.3 is 10.1 Å². The first-order valence-corrected chi connectivity index (χ1v) is 8.79. The molecule has 132 valence electrons. The van der Waals surface area contributed by atoms with E-state index in [4.69, 9.17) is 4.74 Å². The normalized spacial score (nSPS) is 25.0. The maximum Gasteiger partial charge on any atom is 0.336 e. The molecule has 3 rings (SSSR count). The quantitative estimate of drug-likeness (QED) is 0.853. The van der Waals surface area contributed by atoms with Crippen LogP contribution in [-0.4, -0.2) is 18.4 Å². The van der Waals surface area contributed by atoms with Gasteiger partial charge in [0.25, 0.3) is 0 Å². The molecule has 0 spiro atoms. The molecule has 1 heterocycles. The van der Waals surface area contributed by atoms with Crippen LogP contribution in [0.25, 0.3) is 0 Å². The molecule has 0 saturated carbocycles. The largest absolute Gasteiger partial charge is 0.463 e. The van der Waals surface area contributed by atoms with Crippen molar-refractivity contribution in [3.63, 3.8) is 0 Å². The van der Waals surface area contributed by atoms with E-state index in [1.165, 1.54) is 0 Å². The van der Waals surface area contributed by atoms with Crippen molar-refractivity contribution < 1.29 is 14.3 Å². The Balaban J connectivity index is 2.18. The van der Waals surface area contributed by atoms with Crippen LogP contribution in [0, 0.1) is 11.3 Å². The van der Waals surface area contributed by atoms with E-state index in [0.29, 0.717) is 18.6 Å². The van der Waals surface area contributed by atoms with Crippen LogP contribution < -0.4 is 5.32 Å². The van der Waals surface area contributed by atoms with Gasteiger partial charge in [-0.3, -0.25) is 4.79 Å². The Morgan fingerprint density at radius 1 is 1.24 bits per heavy atom. The zero-order valence-corrected chi connectivity index (χ0v) is 15.3. The van der Waals surface area contributed by atoms with Gasteiger partial charge in [-0.15, -0.1) is 0 Å². The monoisotopic (exact) mass is 339 g/mol. The Kier molecular flexibility index (Phi) is 4.55. The molecule has 2 atom stereocenters. The third-order valence-corrected chi connectivity index (χ3v) is 4.89. The molecule has 2 unspecified atom stereocenters. The molecule has 1 N–H and O–H groups in total. The minimum absolute atomic E-state index is 0.165. The average molecular weight is 339 g/mol. The van der Waals surface area contributed by atoms with Crippen molar-refractivity contribution in [2.75, 3.05) is 6.61 Å². The maximum absolute atomic E-state index is 13.0. The summed E-state index contributed by atoms with van der Waals surface area (Å²) in [5.41, 5.74) is 3.01. The van der Waals surface area contributed by atoms with Crippen LogP contribution in [0.4, 0.5) is 0 Å². The molecular formula is C21H25NO3. The summed E-state index contributed by atoms with van der Waals surface area (Å²) in [6.07, 6.45) is 2.61. The molecule has 0 fully saturated rings. The fourth-order valence-corrected chi connectivity index (χ4v) is 3.97. The van der Waals surface area contributed by atoms with Gasteiger partial charge in [-0.2, -0.15) is 0 Å². The first-order chi connectivity index (χ1) is 11.8. The number of esters is 1. The fourth-order valence-electron chi connectivity index (χ4n) is 3.97. The molecule has 0 aromatic heterocycles. The highest BCUT2D eigenvalue weighted by Gasteiger charge is 2.46. The van der Waals surface area contributed by atoms with Crippen molar-refractivity contribution >= 4 is 11.8 Å². The number of benzene rings is 1. The van der Waals surface area contributed by atoms with E-state index in [0.717, 1.165) is 17.0 Å². The first-order valence-electron chi connectivity index (χ1n) is 8.79. The number of ether oxygens (including phenoxy) is 1. The Morgan fingerprint density at radius 2 is 1.92 bits per heavy atom. The molecule has 4 heteroatoms. The van der Waals surface area contributed by atoms with Crippen LogP contribution >= 0.6 is 0 Å². The maximum atomic E-state index is 13.0. The molecule has 0 amide bonds. The number of hydrogen-bond acceptors (Lipinski definition) is 4. The molecule has 1 aliphatic heterocycles. The Bertz CT molecular complexity index is 759. The number of Topliss-reactive ketones (excluding diaryl/α,β-unsaturated/α-hetero) is 1. The van der Waals surface area contributed by atoms with E-state index in [1.54, 1.807) is 6.92 Å². The summed E-state index contributed by atoms with van der Waals surface area (Å²) in [6, 6.07) is 9.78. The van der Waals surface area contributed by atoms with Crippen molar-refractivity contribution in [2.45, 2.75) is 40.0 Å². The van der Waals surface area contributed by atoms with Gasteiger partial charge in [-0.1, -0.05) is 50.3 Å². The minimum Gasteiger partial charge on any atom is -0.463 e. The van der Waals surface area contributed by atoms with Crippen molar-refractivity contribution in [2.24, 2.45) is 11.3 Å². The summed E-state index contributed by atoms with van der Waals surface area (Å²) in [7, 11) is 0. The van der Waals surface area contributed by atoms with Crippen LogP contribution in [-0.2, 0) is 14.3 Å². The number of hydrogen-bond donors (Lipinski definition) is 1. The highest BCUT2D eigenvalue weighted by molar-refractivity contribution is 5.96. The Morgan fingerprint density at radius 3 is 2.56 bits per heavy atom. The third kappa shape index (κ3) is 3.26. The fraction of sp³-hybridized carbons (Fsp3) is 0.429. The van der Waals surface area contributed by atoms with E-state index in [9.17, 15) is 9.59 Å². The summed E-state index contributed by atoms with van der Waals surface area (Å²) in [6.45, 7) is 8.11. The molecule has 4 nitrogen and oxygen atoms in total. The highest BCUT2D eigenvalue weighted by atomic mass is 16.5. The molecule has 1 aromatic rings. The summed E-state index contributed by atoms with van der Waals surface area (Å²) < 4.78 is 5.29. The lowest BCUT2D eigenvalue weighted by Gasteiger charge is -2.41. The number of rotatable bonds is 3. The smallest absolute Gasteiger partial charge is 0.336 e. The second-order valence-electron chi connectivity index (χ2n) is 7.48. The predicted molar refractivity (Wildman–Crippen MR) is 96.6 cm³/mol. The Hall–Kier alpha value is -2.36. The van der Waals surface area contributed by atoms with Gasteiger partial charge in [-0.05, 0) is 24.8 Å². The van der Waals surface area contributed by atoms with E-state index in [1.807, 2.05) is 37.3 Å². The SMILES string of the molecule is CCOC(=O)C1=C(C)NC2=CC(C)(C)CC(=O)C2C1c1ccccc1. The lowest BCUT2D eigenvalue weighted by Crippen LogP contribution is -2.43. The summed E-state index contributed by atoms with van der Waals surface area (Å²) in [5.74, 6) is -0.855. The van der Waals surface area contributed by atoms with E-state index < -0.39 is 0 Å². The first kappa shape index (κ1) is 17.5. The van der Waals surface area contributed by atoms with Crippen molar-refractivity contribution in [1.29, 1.82) is 0 Å². The molecule has 0 bridgehead atoms. The van der Waals surface area contributed by atoms with E-state index in [-0.39, 0.29) is 29.0 Å². The summed E-state index contributed by atoms with van der Waals surface area (Å²) >= 11 is 0. The number of fused-ring (bicyclic) bond motifs is 1. The van der Waals surface area contributed by atoms with Gasteiger partial charge in [0.1, 0.15) is 5.78 Å². The highest BCUT2D eigenvalue weighted by Crippen LogP contribution is 2.46. The zero-order chi connectivity index (χ0) is 18.2. The molecule has 2 aliphatic rings. The van der Waals surface area contributed by atoms with Gasteiger partial charge in [0.15, 0.2) is 0 Å². The van der Waals surface area contributed by atoms with Crippen LogP contribution in [0.15, 0.2) is 53.4 Å². The van der Waals surface area contributed by atoms with Gasteiger partial charge >= 0.3 is 5.97 Å². The van der Waals surface area contributed by atoms with Gasteiger partial charge in [0.05, 0.1) is 18.1 Å². The standard InChI is InChI=1S/C21H25NO3/c1-5-25-20(24)17-13(2)22-15-11-21(3,4)12-16(23)19(15)18(17)14-9-7-6-8-10-14/h6-11,18-19,22H,5,12H2,1-4H3. The second-order valence-corrected chi connectivity index (χ2v) is 7.48. The van der Waals surface area contributed by atoms with Gasteiger partial charge in [-0.25, -0.2) is 4.79 Å². The van der Waals surface area contributed by atoms with Gasteiger partial charge in [0, 0.05) is 23.7 Å². The topological polar surface area (TPSA) is 55.4 Å². The van der Waals surface area contributed by atoms with Crippen LogP contribution in [0.3, 0.4) is 0 Å². The van der Waals surface area contributed by atoms with Crippen LogP contribution in [0.2, 0.25) is 0 Å². The molecule has 1 aromatic carbocycles. The minimum atomic E-state index is -0.362. The molecule has 25 heavy (non-hydrogen) atoms. The predicted octanol–water partition coefficient (Wildman–Crippen LogP) is 3.71. The number of nitrogens with one attached hydrogen (secondary N) is 1.